The minimum Gasteiger partial charge on any atom is -0.463 e. The lowest BCUT2D eigenvalue weighted by atomic mass is 10.2. The van der Waals surface area contributed by atoms with E-state index in [9.17, 15) is 0 Å². The fraction of sp³-hybridized carbons (Fsp3) is 0.0833. The minimum absolute atomic E-state index is 0.812. The highest BCUT2D eigenvalue weighted by Gasteiger charge is 2.11. The average molecular weight is 198 g/mol. The molecule has 3 rings (SSSR count). The number of aromatic nitrogens is 2. The molecule has 0 bridgehead atoms. The summed E-state index contributed by atoms with van der Waals surface area (Å²) in [6.45, 7) is 0. The number of hydrogen-bond acceptors (Lipinski definition) is 2. The van der Waals surface area contributed by atoms with E-state index in [-0.39, 0.29) is 0 Å². The maximum Gasteiger partial charge on any atom is 0.154 e. The number of hydrogen-bond donors (Lipinski definition) is 0. The van der Waals surface area contributed by atoms with Crippen LogP contribution >= 0.6 is 0 Å². The van der Waals surface area contributed by atoms with Crippen LogP contribution in [0.5, 0.6) is 0 Å². The average Bonchev–Trinajstić information content (AvgIpc) is 2.87. The van der Waals surface area contributed by atoms with Gasteiger partial charge >= 0.3 is 0 Å². The summed E-state index contributed by atoms with van der Waals surface area (Å²) in [4.78, 5) is 0. The summed E-state index contributed by atoms with van der Waals surface area (Å²) >= 11 is 0. The molecule has 0 unspecified atom stereocenters. The molecule has 0 saturated carbocycles. The Bertz CT molecular complexity index is 593. The first kappa shape index (κ1) is 8.29. The van der Waals surface area contributed by atoms with Crippen LogP contribution in [0.1, 0.15) is 0 Å². The van der Waals surface area contributed by atoms with Gasteiger partial charge in [0.15, 0.2) is 5.76 Å². The van der Waals surface area contributed by atoms with E-state index in [4.69, 9.17) is 4.42 Å². The van der Waals surface area contributed by atoms with Crippen molar-refractivity contribution in [3.05, 3.63) is 42.7 Å². The standard InChI is InChI=1S/C12H10N2O/c1-14-10-6-3-2-5-9(10)12(13-14)11-7-4-8-15-11/h2-8H,1H3. The van der Waals surface area contributed by atoms with E-state index < -0.39 is 0 Å². The summed E-state index contributed by atoms with van der Waals surface area (Å²) in [7, 11) is 1.94. The van der Waals surface area contributed by atoms with Gasteiger partial charge in [0.2, 0.25) is 0 Å². The molecule has 0 atom stereocenters. The third-order valence-electron chi connectivity index (χ3n) is 2.51. The van der Waals surface area contributed by atoms with Crippen molar-refractivity contribution in [2.24, 2.45) is 7.05 Å². The predicted molar refractivity (Wildman–Crippen MR) is 58.4 cm³/mol. The highest BCUT2D eigenvalue weighted by atomic mass is 16.3. The van der Waals surface area contributed by atoms with Crippen LogP contribution in [0.3, 0.4) is 0 Å². The summed E-state index contributed by atoms with van der Waals surface area (Å²) in [5.41, 5.74) is 2.02. The zero-order chi connectivity index (χ0) is 10.3. The van der Waals surface area contributed by atoms with E-state index in [2.05, 4.69) is 17.2 Å². The molecule has 3 heteroatoms. The van der Waals surface area contributed by atoms with Crippen LogP contribution in [0.2, 0.25) is 0 Å². The zero-order valence-corrected chi connectivity index (χ0v) is 8.34. The highest BCUT2D eigenvalue weighted by Crippen LogP contribution is 2.27. The van der Waals surface area contributed by atoms with E-state index in [1.807, 2.05) is 36.0 Å². The van der Waals surface area contributed by atoms with Gasteiger partial charge in [-0.25, -0.2) is 0 Å². The van der Waals surface area contributed by atoms with E-state index in [0.29, 0.717) is 0 Å². The molecular weight excluding hydrogens is 188 g/mol. The van der Waals surface area contributed by atoms with Crippen molar-refractivity contribution < 1.29 is 4.42 Å². The minimum atomic E-state index is 0.812. The van der Waals surface area contributed by atoms with Crippen molar-refractivity contribution in [1.82, 2.24) is 9.78 Å². The molecule has 2 heterocycles. The number of fused-ring (bicyclic) bond motifs is 1. The van der Waals surface area contributed by atoms with Gasteiger partial charge in [-0.3, -0.25) is 4.68 Å². The molecule has 0 saturated heterocycles. The smallest absolute Gasteiger partial charge is 0.154 e. The fourth-order valence-corrected chi connectivity index (χ4v) is 1.81. The third kappa shape index (κ3) is 1.16. The molecule has 0 fully saturated rings. The Labute approximate surface area is 86.9 Å². The van der Waals surface area contributed by atoms with Gasteiger partial charge in [0, 0.05) is 12.4 Å². The number of rotatable bonds is 1. The second-order valence-electron chi connectivity index (χ2n) is 3.47. The summed E-state index contributed by atoms with van der Waals surface area (Å²) in [6, 6.07) is 11.9. The molecule has 1 aromatic carbocycles. The van der Waals surface area contributed by atoms with Gasteiger partial charge in [0.1, 0.15) is 5.69 Å². The first-order valence-electron chi connectivity index (χ1n) is 4.82. The van der Waals surface area contributed by atoms with Gasteiger partial charge in [-0.15, -0.1) is 0 Å². The number of furan rings is 1. The van der Waals surface area contributed by atoms with Crippen LogP contribution in [0, 0.1) is 0 Å². The lowest BCUT2D eigenvalue weighted by molar-refractivity contribution is 0.578. The van der Waals surface area contributed by atoms with Crippen molar-refractivity contribution in [3.8, 4) is 11.5 Å². The molecule has 3 nitrogen and oxygen atoms in total. The second-order valence-corrected chi connectivity index (χ2v) is 3.47. The van der Waals surface area contributed by atoms with Crippen LogP contribution < -0.4 is 0 Å². The maximum absolute atomic E-state index is 5.37. The number of nitrogens with zero attached hydrogens (tertiary/aromatic N) is 2. The SMILES string of the molecule is Cn1nc(-c2ccco2)c2ccccc21. The Balaban J connectivity index is 2.37. The Hall–Kier alpha value is -2.03. The summed E-state index contributed by atoms with van der Waals surface area (Å²) in [5.74, 6) is 0.812. The summed E-state index contributed by atoms with van der Waals surface area (Å²) < 4.78 is 7.23. The Morgan fingerprint density at radius 3 is 2.80 bits per heavy atom. The topological polar surface area (TPSA) is 31.0 Å². The molecule has 2 aromatic heterocycles. The molecule has 15 heavy (non-hydrogen) atoms. The molecule has 3 aromatic rings. The Morgan fingerprint density at radius 1 is 1.13 bits per heavy atom. The lowest BCUT2D eigenvalue weighted by Crippen LogP contribution is -1.88. The largest absolute Gasteiger partial charge is 0.463 e. The van der Waals surface area contributed by atoms with Crippen LogP contribution in [-0.2, 0) is 7.05 Å². The maximum atomic E-state index is 5.37. The predicted octanol–water partition coefficient (Wildman–Crippen LogP) is 2.83. The molecule has 0 amide bonds. The van der Waals surface area contributed by atoms with Crippen molar-refractivity contribution >= 4 is 10.9 Å². The van der Waals surface area contributed by atoms with Gasteiger partial charge in [-0.2, -0.15) is 5.10 Å². The number of benzene rings is 1. The van der Waals surface area contributed by atoms with Crippen molar-refractivity contribution in [2.45, 2.75) is 0 Å². The first-order valence-corrected chi connectivity index (χ1v) is 4.82. The molecule has 0 aliphatic heterocycles. The van der Waals surface area contributed by atoms with Crippen LogP contribution in [0.15, 0.2) is 47.1 Å². The summed E-state index contributed by atoms with van der Waals surface area (Å²) in [5, 5.41) is 5.58. The lowest BCUT2D eigenvalue weighted by Gasteiger charge is -1.91. The number of aryl methyl sites for hydroxylation is 1. The van der Waals surface area contributed by atoms with Gasteiger partial charge in [0.05, 0.1) is 11.8 Å². The Kier molecular flexibility index (Phi) is 1.65. The van der Waals surface area contributed by atoms with Gasteiger partial charge in [0.25, 0.3) is 0 Å². The highest BCUT2D eigenvalue weighted by molar-refractivity contribution is 5.91. The van der Waals surface area contributed by atoms with Crippen LogP contribution in [0.4, 0.5) is 0 Å². The Morgan fingerprint density at radius 2 is 2.00 bits per heavy atom. The molecule has 0 aliphatic rings. The molecule has 0 aliphatic carbocycles. The van der Waals surface area contributed by atoms with E-state index >= 15 is 0 Å². The number of para-hydroxylation sites is 1. The molecule has 0 spiro atoms. The van der Waals surface area contributed by atoms with Gasteiger partial charge in [-0.05, 0) is 18.2 Å². The normalized spacial score (nSPS) is 11.0. The molecular formula is C12H10N2O. The monoisotopic (exact) mass is 198 g/mol. The second kappa shape index (κ2) is 2.98. The summed E-state index contributed by atoms with van der Waals surface area (Å²) in [6.07, 6.45) is 1.67. The van der Waals surface area contributed by atoms with Crippen LogP contribution in [-0.4, -0.2) is 9.78 Å². The van der Waals surface area contributed by atoms with E-state index in [0.717, 1.165) is 22.4 Å². The third-order valence-corrected chi connectivity index (χ3v) is 2.51. The first-order chi connectivity index (χ1) is 7.36. The van der Waals surface area contributed by atoms with E-state index in [1.165, 1.54) is 0 Å². The van der Waals surface area contributed by atoms with Crippen molar-refractivity contribution in [3.63, 3.8) is 0 Å². The van der Waals surface area contributed by atoms with Gasteiger partial charge < -0.3 is 4.42 Å². The molecule has 0 N–H and O–H groups in total. The van der Waals surface area contributed by atoms with E-state index in [1.54, 1.807) is 6.26 Å². The van der Waals surface area contributed by atoms with Gasteiger partial charge in [-0.1, -0.05) is 18.2 Å². The quantitative estimate of drug-likeness (QED) is 0.602. The van der Waals surface area contributed by atoms with Crippen molar-refractivity contribution in [1.29, 1.82) is 0 Å². The van der Waals surface area contributed by atoms with Crippen LogP contribution in [0.25, 0.3) is 22.4 Å². The molecule has 0 radical (unpaired) electrons. The molecule has 74 valence electrons. The fourth-order valence-electron chi connectivity index (χ4n) is 1.81. The van der Waals surface area contributed by atoms with Crippen molar-refractivity contribution in [2.75, 3.05) is 0 Å². The zero-order valence-electron chi connectivity index (χ0n) is 8.34.